The van der Waals surface area contributed by atoms with Crippen LogP contribution in [0.3, 0.4) is 0 Å². The lowest BCUT2D eigenvalue weighted by Gasteiger charge is -2.57. The first-order chi connectivity index (χ1) is 12.6. The zero-order chi connectivity index (χ0) is 17.7. The third-order valence-corrected chi connectivity index (χ3v) is 6.81. The minimum atomic E-state index is 0.0619. The Morgan fingerprint density at radius 3 is 2.42 bits per heavy atom. The minimum Gasteiger partial charge on any atom is -0.341 e. The molecule has 4 saturated carbocycles. The molecule has 6 heteroatoms. The van der Waals surface area contributed by atoms with E-state index in [1.54, 1.807) is 4.68 Å². The first-order valence-corrected chi connectivity index (χ1v) is 9.70. The van der Waals surface area contributed by atoms with Crippen molar-refractivity contribution in [2.24, 2.45) is 23.2 Å². The molecule has 0 spiro atoms. The highest BCUT2D eigenvalue weighted by atomic mass is 16.2. The number of hydrogen-bond donors (Lipinski definition) is 0. The van der Waals surface area contributed by atoms with Gasteiger partial charge in [0.25, 0.3) is 5.91 Å². The van der Waals surface area contributed by atoms with E-state index in [1.165, 1.54) is 44.9 Å². The summed E-state index contributed by atoms with van der Waals surface area (Å²) in [6.45, 7) is 0.874. The highest BCUT2D eigenvalue weighted by Crippen LogP contribution is 2.60. The summed E-state index contributed by atoms with van der Waals surface area (Å²) in [4.78, 5) is 15.2. The van der Waals surface area contributed by atoms with E-state index in [1.807, 2.05) is 36.2 Å². The van der Waals surface area contributed by atoms with E-state index in [2.05, 4.69) is 15.5 Å². The van der Waals surface area contributed by atoms with Crippen molar-refractivity contribution in [3.63, 3.8) is 0 Å². The Morgan fingerprint density at radius 2 is 1.81 bits per heavy atom. The van der Waals surface area contributed by atoms with Crippen LogP contribution < -0.4 is 0 Å². The van der Waals surface area contributed by atoms with Crippen molar-refractivity contribution in [2.45, 2.75) is 38.5 Å². The van der Waals surface area contributed by atoms with E-state index >= 15 is 0 Å². The number of carbonyl (C=O) groups is 1. The Kier molecular flexibility index (Phi) is 3.62. The summed E-state index contributed by atoms with van der Waals surface area (Å²) < 4.78 is 1.56. The van der Waals surface area contributed by atoms with Gasteiger partial charge in [-0.3, -0.25) is 4.79 Å². The second-order valence-corrected chi connectivity index (χ2v) is 8.85. The van der Waals surface area contributed by atoms with E-state index in [0.717, 1.165) is 30.0 Å². The Hall–Kier alpha value is -2.24. The van der Waals surface area contributed by atoms with Gasteiger partial charge in [-0.05, 0) is 84.3 Å². The number of amides is 1. The van der Waals surface area contributed by atoms with Crippen molar-refractivity contribution in [3.8, 4) is 5.69 Å². The Balaban J connectivity index is 1.39. The topological polar surface area (TPSA) is 63.9 Å². The first-order valence-electron chi connectivity index (χ1n) is 9.70. The summed E-state index contributed by atoms with van der Waals surface area (Å²) >= 11 is 0. The fourth-order valence-corrected chi connectivity index (χ4v) is 6.39. The van der Waals surface area contributed by atoms with Crippen molar-refractivity contribution in [1.29, 1.82) is 0 Å². The highest BCUT2D eigenvalue weighted by molar-refractivity contribution is 5.97. The molecule has 0 unspecified atom stereocenters. The fraction of sp³-hybridized carbons (Fsp3) is 0.600. The Morgan fingerprint density at radius 1 is 1.15 bits per heavy atom. The smallest absolute Gasteiger partial charge is 0.255 e. The van der Waals surface area contributed by atoms with E-state index in [-0.39, 0.29) is 5.91 Å². The molecule has 4 bridgehead atoms. The molecule has 1 heterocycles. The van der Waals surface area contributed by atoms with Crippen LogP contribution in [-0.4, -0.2) is 44.6 Å². The van der Waals surface area contributed by atoms with Crippen molar-refractivity contribution in [1.82, 2.24) is 25.1 Å². The number of para-hydroxylation sites is 1. The van der Waals surface area contributed by atoms with Gasteiger partial charge in [-0.2, -0.15) is 4.68 Å². The average Bonchev–Trinajstić information content (AvgIpc) is 3.14. The predicted octanol–water partition coefficient (Wildman–Crippen LogP) is 2.95. The number of hydrogen-bond acceptors (Lipinski definition) is 4. The summed E-state index contributed by atoms with van der Waals surface area (Å²) in [5, 5.41) is 11.4. The van der Waals surface area contributed by atoms with Gasteiger partial charge in [0.15, 0.2) is 0 Å². The zero-order valence-corrected chi connectivity index (χ0v) is 15.2. The molecule has 0 aliphatic heterocycles. The third kappa shape index (κ3) is 2.63. The standard InChI is InChI=1S/C20H25N5O/c1-24(12-20-9-14-6-15(10-20)8-16(7-14)11-20)19(26)17-4-2-3-5-18(17)25-13-21-22-23-25/h2-5,13-16H,6-12H2,1H3. The molecule has 2 aromatic rings. The number of carbonyl (C=O) groups excluding carboxylic acids is 1. The quantitative estimate of drug-likeness (QED) is 0.849. The van der Waals surface area contributed by atoms with Crippen LogP contribution in [0.25, 0.3) is 5.69 Å². The number of aromatic nitrogens is 4. The Labute approximate surface area is 153 Å². The fourth-order valence-electron chi connectivity index (χ4n) is 6.39. The number of nitrogens with zero attached hydrogens (tertiary/aromatic N) is 5. The zero-order valence-electron chi connectivity index (χ0n) is 15.2. The van der Waals surface area contributed by atoms with Gasteiger partial charge in [-0.15, -0.1) is 5.10 Å². The summed E-state index contributed by atoms with van der Waals surface area (Å²) in [6.07, 6.45) is 9.75. The van der Waals surface area contributed by atoms with Crippen LogP contribution in [0.2, 0.25) is 0 Å². The predicted molar refractivity (Wildman–Crippen MR) is 96.7 cm³/mol. The molecule has 1 aromatic carbocycles. The van der Waals surface area contributed by atoms with Gasteiger partial charge >= 0.3 is 0 Å². The number of tetrazole rings is 1. The minimum absolute atomic E-state index is 0.0619. The highest BCUT2D eigenvalue weighted by Gasteiger charge is 2.51. The summed E-state index contributed by atoms with van der Waals surface area (Å²) in [5.41, 5.74) is 1.75. The first kappa shape index (κ1) is 16.0. The second kappa shape index (κ2) is 5.89. The molecule has 6 nitrogen and oxygen atoms in total. The maximum absolute atomic E-state index is 13.2. The van der Waals surface area contributed by atoms with E-state index in [0.29, 0.717) is 11.0 Å². The van der Waals surface area contributed by atoms with Crippen LogP contribution in [0.4, 0.5) is 0 Å². The number of benzene rings is 1. The van der Waals surface area contributed by atoms with Crippen LogP contribution >= 0.6 is 0 Å². The van der Waals surface area contributed by atoms with Gasteiger partial charge in [0, 0.05) is 13.6 Å². The maximum atomic E-state index is 13.2. The molecule has 1 aromatic heterocycles. The molecular weight excluding hydrogens is 326 g/mol. The van der Waals surface area contributed by atoms with Crippen LogP contribution in [0.1, 0.15) is 48.9 Å². The molecule has 0 N–H and O–H groups in total. The van der Waals surface area contributed by atoms with Crippen molar-refractivity contribution < 1.29 is 4.79 Å². The van der Waals surface area contributed by atoms with Crippen molar-refractivity contribution in [3.05, 3.63) is 36.2 Å². The lowest BCUT2D eigenvalue weighted by atomic mass is 9.49. The second-order valence-electron chi connectivity index (χ2n) is 8.85. The van der Waals surface area contributed by atoms with Crippen LogP contribution in [0.15, 0.2) is 30.6 Å². The van der Waals surface area contributed by atoms with Gasteiger partial charge in [-0.25, -0.2) is 0 Å². The lowest BCUT2D eigenvalue weighted by Crippen LogP contribution is -2.51. The molecule has 4 aliphatic carbocycles. The molecule has 0 radical (unpaired) electrons. The van der Waals surface area contributed by atoms with E-state index in [9.17, 15) is 4.79 Å². The van der Waals surface area contributed by atoms with Gasteiger partial charge in [-0.1, -0.05) is 12.1 Å². The molecule has 6 rings (SSSR count). The van der Waals surface area contributed by atoms with E-state index < -0.39 is 0 Å². The van der Waals surface area contributed by atoms with Gasteiger partial charge in [0.05, 0.1) is 11.3 Å². The molecule has 4 fully saturated rings. The largest absolute Gasteiger partial charge is 0.341 e. The van der Waals surface area contributed by atoms with Crippen molar-refractivity contribution >= 4 is 5.91 Å². The van der Waals surface area contributed by atoms with Gasteiger partial charge < -0.3 is 4.90 Å². The summed E-state index contributed by atoms with van der Waals surface area (Å²) in [7, 11) is 1.96. The molecule has 26 heavy (non-hydrogen) atoms. The van der Waals surface area contributed by atoms with Gasteiger partial charge in [0.1, 0.15) is 6.33 Å². The average molecular weight is 351 g/mol. The Bertz CT molecular complexity index is 780. The SMILES string of the molecule is CN(CC12CC3CC(CC(C3)C1)C2)C(=O)c1ccccc1-n1cnnn1. The third-order valence-electron chi connectivity index (χ3n) is 6.81. The van der Waals surface area contributed by atoms with Crippen LogP contribution in [0.5, 0.6) is 0 Å². The molecule has 1 amide bonds. The molecule has 0 saturated heterocycles. The molecule has 4 aliphatic rings. The summed E-state index contributed by atoms with van der Waals surface area (Å²) in [6, 6.07) is 7.57. The maximum Gasteiger partial charge on any atom is 0.255 e. The van der Waals surface area contributed by atoms with Crippen LogP contribution in [-0.2, 0) is 0 Å². The van der Waals surface area contributed by atoms with E-state index in [4.69, 9.17) is 0 Å². The van der Waals surface area contributed by atoms with Gasteiger partial charge in [0.2, 0.25) is 0 Å². The molecular formula is C20H25N5O. The summed E-state index contributed by atoms with van der Waals surface area (Å²) in [5.74, 6) is 2.77. The number of rotatable bonds is 4. The normalized spacial score (nSPS) is 32.0. The van der Waals surface area contributed by atoms with Crippen molar-refractivity contribution in [2.75, 3.05) is 13.6 Å². The molecule has 0 atom stereocenters. The van der Waals surface area contributed by atoms with Crippen LogP contribution in [0, 0.1) is 23.2 Å². The molecule has 136 valence electrons. The lowest BCUT2D eigenvalue weighted by molar-refractivity contribution is -0.0629. The monoisotopic (exact) mass is 351 g/mol.